The first-order valence-corrected chi connectivity index (χ1v) is 8.58. The molecule has 0 spiro atoms. The summed E-state index contributed by atoms with van der Waals surface area (Å²) in [6.07, 6.45) is 2.41. The zero-order valence-electron chi connectivity index (χ0n) is 12.2. The number of fused-ring (bicyclic) bond motifs is 2. The van der Waals surface area contributed by atoms with E-state index in [1.807, 2.05) is 11.3 Å². The first-order valence-electron chi connectivity index (χ1n) is 7.70. The zero-order chi connectivity index (χ0) is 14.2. The molecule has 4 rings (SSSR count). The van der Waals surface area contributed by atoms with E-state index in [2.05, 4.69) is 60.1 Å². The van der Waals surface area contributed by atoms with Gasteiger partial charge in [-0.15, -0.1) is 11.3 Å². The van der Waals surface area contributed by atoms with Crippen LogP contribution >= 0.6 is 11.3 Å². The fourth-order valence-electron chi connectivity index (χ4n) is 3.57. The molecule has 1 nitrogen and oxygen atoms in total. The summed E-state index contributed by atoms with van der Waals surface area (Å²) < 4.78 is 1.41. The summed E-state index contributed by atoms with van der Waals surface area (Å²) >= 11 is 1.85. The molecule has 1 N–H and O–H groups in total. The smallest absolute Gasteiger partial charge is 0.0421 e. The van der Waals surface area contributed by atoms with Gasteiger partial charge in [0.1, 0.15) is 0 Å². The van der Waals surface area contributed by atoms with Gasteiger partial charge in [-0.1, -0.05) is 43.3 Å². The fourth-order valence-corrected chi connectivity index (χ4v) is 4.50. The second kappa shape index (κ2) is 5.28. The van der Waals surface area contributed by atoms with E-state index in [0.717, 1.165) is 6.54 Å². The summed E-state index contributed by atoms with van der Waals surface area (Å²) in [6, 6.07) is 16.2. The Morgan fingerprint density at radius 2 is 1.95 bits per heavy atom. The van der Waals surface area contributed by atoms with Crippen LogP contribution in [-0.4, -0.2) is 6.54 Å². The topological polar surface area (TPSA) is 12.0 Å². The number of hydrogen-bond acceptors (Lipinski definition) is 2. The molecule has 2 aromatic carbocycles. The van der Waals surface area contributed by atoms with Crippen LogP contribution in [0.1, 0.15) is 30.5 Å². The number of thiophene rings is 1. The minimum absolute atomic E-state index is 0.535. The second-order valence-corrected chi connectivity index (χ2v) is 6.58. The Balaban J connectivity index is 1.89. The molecule has 1 aromatic heterocycles. The van der Waals surface area contributed by atoms with Crippen molar-refractivity contribution in [3.63, 3.8) is 0 Å². The summed E-state index contributed by atoms with van der Waals surface area (Å²) in [5.74, 6) is 0. The Morgan fingerprint density at radius 3 is 2.86 bits per heavy atom. The maximum Gasteiger partial charge on any atom is 0.0421 e. The van der Waals surface area contributed by atoms with Crippen molar-refractivity contribution in [2.24, 2.45) is 0 Å². The molecule has 1 heterocycles. The molecule has 0 saturated heterocycles. The van der Waals surface area contributed by atoms with Crippen LogP contribution in [-0.2, 0) is 6.42 Å². The molecular weight excluding hydrogens is 274 g/mol. The maximum absolute atomic E-state index is 3.61. The highest BCUT2D eigenvalue weighted by Gasteiger charge is 2.24. The lowest BCUT2D eigenvalue weighted by Gasteiger charge is -2.14. The lowest BCUT2D eigenvalue weighted by molar-refractivity contribution is 0.549. The van der Waals surface area contributed by atoms with Crippen molar-refractivity contribution in [3.05, 3.63) is 59.0 Å². The van der Waals surface area contributed by atoms with E-state index in [-0.39, 0.29) is 0 Å². The average molecular weight is 293 g/mol. The third-order valence-electron chi connectivity index (χ3n) is 4.49. The molecule has 2 heteroatoms. The lowest BCUT2D eigenvalue weighted by Crippen LogP contribution is -2.18. The Bertz CT molecular complexity index is 787. The zero-order valence-corrected chi connectivity index (χ0v) is 13.0. The Kier molecular flexibility index (Phi) is 3.28. The van der Waals surface area contributed by atoms with Crippen molar-refractivity contribution < 1.29 is 0 Å². The van der Waals surface area contributed by atoms with Gasteiger partial charge in [0.25, 0.3) is 0 Å². The van der Waals surface area contributed by atoms with Gasteiger partial charge in [-0.05, 0) is 58.5 Å². The third kappa shape index (κ3) is 2.10. The predicted octanol–water partition coefficient (Wildman–Crippen LogP) is 5.17. The molecule has 1 aliphatic rings. The Morgan fingerprint density at radius 1 is 1.10 bits per heavy atom. The van der Waals surface area contributed by atoms with Gasteiger partial charge in [0.05, 0.1) is 0 Å². The quantitative estimate of drug-likeness (QED) is 0.703. The highest BCUT2D eigenvalue weighted by atomic mass is 32.1. The van der Waals surface area contributed by atoms with E-state index < -0.39 is 0 Å². The molecule has 1 atom stereocenters. The summed E-state index contributed by atoms with van der Waals surface area (Å²) in [7, 11) is 0. The van der Waals surface area contributed by atoms with Crippen molar-refractivity contribution in [2.45, 2.75) is 25.8 Å². The Hall–Kier alpha value is -1.64. The minimum Gasteiger partial charge on any atom is -0.310 e. The van der Waals surface area contributed by atoms with E-state index >= 15 is 0 Å². The standard InChI is InChI=1S/C19H19NS/c1-2-20-18-10-9-15-14(6-4-7-16(15)18)17-8-3-5-13-11-12-21-19(13)17/h3-8,11-12,18,20H,2,9-10H2,1H3. The van der Waals surface area contributed by atoms with E-state index in [1.54, 1.807) is 5.56 Å². The fraction of sp³-hybridized carbons (Fsp3) is 0.263. The van der Waals surface area contributed by atoms with E-state index in [4.69, 9.17) is 0 Å². The molecule has 0 bridgehead atoms. The van der Waals surface area contributed by atoms with Crippen LogP contribution in [0.5, 0.6) is 0 Å². The largest absolute Gasteiger partial charge is 0.310 e. The van der Waals surface area contributed by atoms with Crippen LogP contribution in [0.4, 0.5) is 0 Å². The van der Waals surface area contributed by atoms with Crippen molar-refractivity contribution in [3.8, 4) is 11.1 Å². The SMILES string of the molecule is CCNC1CCc2c(-c3cccc4ccsc34)cccc21. The van der Waals surface area contributed by atoms with Crippen LogP contribution in [0, 0.1) is 0 Å². The maximum atomic E-state index is 3.61. The lowest BCUT2D eigenvalue weighted by atomic mass is 9.95. The van der Waals surface area contributed by atoms with Crippen molar-refractivity contribution in [2.75, 3.05) is 6.54 Å². The molecule has 0 saturated carbocycles. The molecule has 3 aromatic rings. The highest BCUT2D eigenvalue weighted by molar-refractivity contribution is 7.17. The van der Waals surface area contributed by atoms with Crippen molar-refractivity contribution in [1.82, 2.24) is 5.32 Å². The van der Waals surface area contributed by atoms with Crippen molar-refractivity contribution in [1.29, 1.82) is 0 Å². The highest BCUT2D eigenvalue weighted by Crippen LogP contribution is 2.40. The molecule has 0 radical (unpaired) electrons. The third-order valence-corrected chi connectivity index (χ3v) is 5.45. The Labute approximate surface area is 129 Å². The normalized spacial score (nSPS) is 17.3. The average Bonchev–Trinajstić information content (AvgIpc) is 3.14. The van der Waals surface area contributed by atoms with E-state index in [1.165, 1.54) is 39.6 Å². The molecule has 0 aliphatic heterocycles. The number of nitrogens with one attached hydrogen (secondary N) is 1. The minimum atomic E-state index is 0.535. The molecule has 21 heavy (non-hydrogen) atoms. The first-order chi connectivity index (χ1) is 10.4. The van der Waals surface area contributed by atoms with E-state index in [9.17, 15) is 0 Å². The van der Waals surface area contributed by atoms with Crippen LogP contribution in [0.15, 0.2) is 47.8 Å². The monoisotopic (exact) mass is 293 g/mol. The van der Waals surface area contributed by atoms with Crippen LogP contribution in [0.2, 0.25) is 0 Å². The van der Waals surface area contributed by atoms with Crippen LogP contribution in [0.3, 0.4) is 0 Å². The second-order valence-electron chi connectivity index (χ2n) is 5.67. The molecule has 1 unspecified atom stereocenters. The predicted molar refractivity (Wildman–Crippen MR) is 92.0 cm³/mol. The summed E-state index contributed by atoms with van der Waals surface area (Å²) in [4.78, 5) is 0. The van der Waals surface area contributed by atoms with Gasteiger partial charge >= 0.3 is 0 Å². The van der Waals surface area contributed by atoms with Gasteiger partial charge in [-0.2, -0.15) is 0 Å². The van der Waals surface area contributed by atoms with Gasteiger partial charge in [-0.3, -0.25) is 0 Å². The number of hydrogen-bond donors (Lipinski definition) is 1. The summed E-state index contributed by atoms with van der Waals surface area (Å²) in [5.41, 5.74) is 5.88. The van der Waals surface area contributed by atoms with Gasteiger partial charge in [0, 0.05) is 10.7 Å². The van der Waals surface area contributed by atoms with Gasteiger partial charge in [-0.25, -0.2) is 0 Å². The molecular formula is C19H19NS. The van der Waals surface area contributed by atoms with Gasteiger partial charge in [0.15, 0.2) is 0 Å². The van der Waals surface area contributed by atoms with Gasteiger partial charge in [0.2, 0.25) is 0 Å². The van der Waals surface area contributed by atoms with E-state index in [0.29, 0.717) is 6.04 Å². The first kappa shape index (κ1) is 13.1. The van der Waals surface area contributed by atoms with Crippen LogP contribution < -0.4 is 5.32 Å². The molecule has 0 fully saturated rings. The summed E-state index contributed by atoms with van der Waals surface area (Å²) in [5, 5.41) is 7.17. The molecule has 1 aliphatic carbocycles. The molecule has 0 amide bonds. The molecule has 106 valence electrons. The number of rotatable bonds is 3. The van der Waals surface area contributed by atoms with Crippen molar-refractivity contribution >= 4 is 21.4 Å². The number of benzene rings is 2. The van der Waals surface area contributed by atoms with Gasteiger partial charge < -0.3 is 5.32 Å². The van der Waals surface area contributed by atoms with Crippen LogP contribution in [0.25, 0.3) is 21.2 Å². The summed E-state index contributed by atoms with van der Waals surface area (Å²) in [6.45, 7) is 3.23.